The predicted molar refractivity (Wildman–Crippen MR) is 104 cm³/mol. The molecule has 1 aliphatic heterocycles. The van der Waals surface area contributed by atoms with Crippen LogP contribution in [0.2, 0.25) is 0 Å². The fraction of sp³-hybridized carbons (Fsp3) is 0.412. The zero-order valence-corrected chi connectivity index (χ0v) is 17.2. The summed E-state index contributed by atoms with van der Waals surface area (Å²) in [4.78, 5) is 12.8. The van der Waals surface area contributed by atoms with Gasteiger partial charge < -0.3 is 10.1 Å². The highest BCUT2D eigenvalue weighted by molar-refractivity contribution is 9.10. The highest BCUT2D eigenvalue weighted by Crippen LogP contribution is 2.21. The van der Waals surface area contributed by atoms with Crippen LogP contribution in [0.5, 0.6) is 0 Å². The Hall–Kier alpha value is -1.75. The molecule has 2 aromatic rings. The second-order valence-corrected chi connectivity index (χ2v) is 8.95. The first-order valence-corrected chi connectivity index (χ1v) is 10.8. The number of benzene rings is 1. The van der Waals surface area contributed by atoms with Gasteiger partial charge in [-0.1, -0.05) is 6.92 Å². The van der Waals surface area contributed by atoms with Crippen LogP contribution in [-0.2, 0) is 19.6 Å². The molecule has 1 amide bonds. The summed E-state index contributed by atoms with van der Waals surface area (Å²) >= 11 is 3.32. The van der Waals surface area contributed by atoms with Crippen LogP contribution in [0, 0.1) is 0 Å². The Balaban J connectivity index is 1.70. The molecule has 1 aromatic heterocycles. The van der Waals surface area contributed by atoms with Gasteiger partial charge in [0.2, 0.25) is 15.9 Å². The standard InChI is InChI=1S/C17H21BrN4O4S/c1-2-16(22-12-13(18)11-19-22)17(23)20-14-3-5-15(6-4-14)27(24,25)21-7-9-26-10-8-21/h3-6,11-12,16H,2,7-10H2,1H3,(H,20,23). The van der Waals surface area contributed by atoms with Crippen LogP contribution in [0.3, 0.4) is 0 Å². The number of hydrogen-bond acceptors (Lipinski definition) is 5. The highest BCUT2D eigenvalue weighted by Gasteiger charge is 2.26. The summed E-state index contributed by atoms with van der Waals surface area (Å²) in [5, 5.41) is 6.98. The number of sulfonamides is 1. The maximum atomic E-state index is 12.6. The molecule has 1 fully saturated rings. The normalized spacial score (nSPS) is 16.8. The minimum Gasteiger partial charge on any atom is -0.379 e. The third kappa shape index (κ3) is 4.57. The quantitative estimate of drug-likeness (QED) is 0.719. The zero-order chi connectivity index (χ0) is 19.4. The number of nitrogens with one attached hydrogen (secondary N) is 1. The fourth-order valence-corrected chi connectivity index (χ4v) is 4.56. The number of anilines is 1. The van der Waals surface area contributed by atoms with Gasteiger partial charge in [0.15, 0.2) is 0 Å². The van der Waals surface area contributed by atoms with E-state index in [1.165, 1.54) is 16.4 Å². The lowest BCUT2D eigenvalue weighted by Crippen LogP contribution is -2.40. The van der Waals surface area contributed by atoms with E-state index in [9.17, 15) is 13.2 Å². The van der Waals surface area contributed by atoms with Gasteiger partial charge in [0.05, 0.1) is 28.8 Å². The van der Waals surface area contributed by atoms with Gasteiger partial charge in [-0.2, -0.15) is 9.40 Å². The lowest BCUT2D eigenvalue weighted by atomic mass is 10.2. The van der Waals surface area contributed by atoms with E-state index in [4.69, 9.17) is 4.74 Å². The van der Waals surface area contributed by atoms with Gasteiger partial charge in [-0.05, 0) is 46.6 Å². The summed E-state index contributed by atoms with van der Waals surface area (Å²) in [6.07, 6.45) is 3.94. The van der Waals surface area contributed by atoms with Crippen molar-refractivity contribution in [2.24, 2.45) is 0 Å². The Morgan fingerprint density at radius 2 is 1.96 bits per heavy atom. The minimum atomic E-state index is -3.55. The summed E-state index contributed by atoms with van der Waals surface area (Å²) in [5.74, 6) is -0.211. The Labute approximate surface area is 166 Å². The van der Waals surface area contributed by atoms with Crippen molar-refractivity contribution in [3.05, 3.63) is 41.1 Å². The topological polar surface area (TPSA) is 93.5 Å². The molecular formula is C17H21BrN4O4S. The Morgan fingerprint density at radius 1 is 1.30 bits per heavy atom. The number of nitrogens with zero attached hydrogens (tertiary/aromatic N) is 3. The SMILES string of the molecule is CCC(C(=O)Nc1ccc(S(=O)(=O)N2CCOCC2)cc1)n1cc(Br)cn1. The van der Waals surface area contributed by atoms with Crippen molar-refractivity contribution in [1.29, 1.82) is 0 Å². The number of ether oxygens (including phenoxy) is 1. The predicted octanol–water partition coefficient (Wildman–Crippen LogP) is 2.26. The number of aromatic nitrogens is 2. The molecule has 1 unspecified atom stereocenters. The van der Waals surface area contributed by atoms with Gasteiger partial charge in [0, 0.05) is 25.0 Å². The van der Waals surface area contributed by atoms with Gasteiger partial charge in [-0.25, -0.2) is 8.42 Å². The summed E-state index contributed by atoms with van der Waals surface area (Å²) in [6, 6.07) is 5.75. The van der Waals surface area contributed by atoms with Crippen LogP contribution in [0.1, 0.15) is 19.4 Å². The van der Waals surface area contributed by atoms with E-state index >= 15 is 0 Å². The molecule has 3 rings (SSSR count). The number of halogens is 1. The molecule has 2 heterocycles. The summed E-state index contributed by atoms with van der Waals surface area (Å²) < 4.78 is 34.3. The molecule has 0 saturated carbocycles. The molecule has 1 aromatic carbocycles. The van der Waals surface area contributed by atoms with Crippen molar-refractivity contribution in [1.82, 2.24) is 14.1 Å². The number of rotatable bonds is 6. The lowest BCUT2D eigenvalue weighted by molar-refractivity contribution is -0.119. The molecule has 10 heteroatoms. The number of morpholine rings is 1. The van der Waals surface area contributed by atoms with E-state index in [1.54, 1.807) is 29.2 Å². The first kappa shape index (κ1) is 20.0. The van der Waals surface area contributed by atoms with Crippen molar-refractivity contribution < 1.29 is 17.9 Å². The van der Waals surface area contributed by atoms with E-state index < -0.39 is 16.1 Å². The molecular weight excluding hydrogens is 436 g/mol. The molecule has 0 aliphatic carbocycles. The second kappa shape index (κ2) is 8.51. The molecule has 8 nitrogen and oxygen atoms in total. The maximum Gasteiger partial charge on any atom is 0.249 e. The third-order valence-corrected chi connectivity index (χ3v) is 6.63. The summed E-state index contributed by atoms with van der Waals surface area (Å²) in [6.45, 7) is 3.39. The first-order valence-electron chi connectivity index (χ1n) is 8.60. The number of carbonyl (C=O) groups is 1. The van der Waals surface area contributed by atoms with Crippen molar-refractivity contribution >= 4 is 37.5 Å². The summed E-state index contributed by atoms with van der Waals surface area (Å²) in [5.41, 5.74) is 0.533. The van der Waals surface area contributed by atoms with Crippen molar-refractivity contribution in [2.75, 3.05) is 31.6 Å². The third-order valence-electron chi connectivity index (χ3n) is 4.31. The van der Waals surface area contributed by atoms with Crippen molar-refractivity contribution in [2.45, 2.75) is 24.3 Å². The van der Waals surface area contributed by atoms with Crippen molar-refractivity contribution in [3.63, 3.8) is 0 Å². The van der Waals surface area contributed by atoms with E-state index in [1.807, 2.05) is 6.92 Å². The molecule has 1 N–H and O–H groups in total. The van der Waals surface area contributed by atoms with Crippen LogP contribution in [0.4, 0.5) is 5.69 Å². The maximum absolute atomic E-state index is 12.6. The van der Waals surface area contributed by atoms with Gasteiger partial charge in [-0.15, -0.1) is 0 Å². The number of amides is 1. The molecule has 0 radical (unpaired) electrons. The molecule has 0 bridgehead atoms. The Morgan fingerprint density at radius 3 is 2.52 bits per heavy atom. The molecule has 0 spiro atoms. The first-order chi connectivity index (χ1) is 12.9. The highest BCUT2D eigenvalue weighted by atomic mass is 79.9. The van der Waals surface area contributed by atoms with E-state index in [-0.39, 0.29) is 10.8 Å². The van der Waals surface area contributed by atoms with Crippen LogP contribution in [0.25, 0.3) is 0 Å². The monoisotopic (exact) mass is 456 g/mol. The smallest absolute Gasteiger partial charge is 0.249 e. The molecule has 27 heavy (non-hydrogen) atoms. The average molecular weight is 457 g/mol. The largest absolute Gasteiger partial charge is 0.379 e. The Bertz CT molecular complexity index is 892. The second-order valence-electron chi connectivity index (χ2n) is 6.09. The lowest BCUT2D eigenvalue weighted by Gasteiger charge is -2.26. The Kier molecular flexibility index (Phi) is 6.30. The van der Waals surface area contributed by atoms with E-state index in [0.717, 1.165) is 4.47 Å². The number of carbonyl (C=O) groups excluding carboxylic acids is 1. The van der Waals surface area contributed by atoms with Crippen LogP contribution in [-0.4, -0.2) is 54.7 Å². The van der Waals surface area contributed by atoms with E-state index in [0.29, 0.717) is 38.4 Å². The van der Waals surface area contributed by atoms with E-state index in [2.05, 4.69) is 26.3 Å². The fourth-order valence-electron chi connectivity index (χ4n) is 2.85. The summed E-state index contributed by atoms with van der Waals surface area (Å²) in [7, 11) is -3.55. The molecule has 1 aliphatic rings. The van der Waals surface area contributed by atoms with Crippen LogP contribution >= 0.6 is 15.9 Å². The van der Waals surface area contributed by atoms with Crippen LogP contribution in [0.15, 0.2) is 46.0 Å². The minimum absolute atomic E-state index is 0.199. The number of hydrogen-bond donors (Lipinski definition) is 1. The van der Waals surface area contributed by atoms with Gasteiger partial charge >= 0.3 is 0 Å². The molecule has 1 atom stereocenters. The van der Waals surface area contributed by atoms with Gasteiger partial charge in [0.25, 0.3) is 0 Å². The average Bonchev–Trinajstić information content (AvgIpc) is 3.09. The van der Waals surface area contributed by atoms with Gasteiger partial charge in [-0.3, -0.25) is 9.48 Å². The zero-order valence-electron chi connectivity index (χ0n) is 14.8. The van der Waals surface area contributed by atoms with Crippen molar-refractivity contribution in [3.8, 4) is 0 Å². The molecule has 146 valence electrons. The van der Waals surface area contributed by atoms with Crippen LogP contribution < -0.4 is 5.32 Å². The molecule has 1 saturated heterocycles. The van der Waals surface area contributed by atoms with Gasteiger partial charge in [0.1, 0.15) is 6.04 Å².